The van der Waals surface area contributed by atoms with Gasteiger partial charge in [-0.25, -0.2) is 0 Å². The third kappa shape index (κ3) is 2.66. The predicted octanol–water partition coefficient (Wildman–Crippen LogP) is 2.24. The van der Waals surface area contributed by atoms with Crippen LogP contribution in [-0.4, -0.2) is 10.9 Å². The van der Waals surface area contributed by atoms with Crippen LogP contribution in [0.3, 0.4) is 0 Å². The van der Waals surface area contributed by atoms with Gasteiger partial charge in [0.05, 0.1) is 0 Å². The first-order valence-electron chi connectivity index (χ1n) is 5.64. The van der Waals surface area contributed by atoms with Gasteiger partial charge in [0.15, 0.2) is 0 Å². The summed E-state index contributed by atoms with van der Waals surface area (Å²) in [6.45, 7) is 3.92. The number of amides is 1. The van der Waals surface area contributed by atoms with Crippen LogP contribution < -0.4 is 10.9 Å². The molecule has 1 aromatic heterocycles. The Morgan fingerprint density at radius 2 is 1.94 bits per heavy atom. The number of hydrogen-bond acceptors (Lipinski definition) is 2. The summed E-state index contributed by atoms with van der Waals surface area (Å²) in [5.41, 5.74) is 2.83. The maximum atomic E-state index is 11.9. The van der Waals surface area contributed by atoms with E-state index in [0.29, 0.717) is 0 Å². The monoisotopic (exact) mass is 242 g/mol. The first-order valence-corrected chi connectivity index (χ1v) is 5.64. The number of carbonyl (C=O) groups excluding carboxylic acids is 1. The van der Waals surface area contributed by atoms with E-state index in [0.717, 1.165) is 16.8 Å². The third-order valence-electron chi connectivity index (χ3n) is 2.64. The van der Waals surface area contributed by atoms with Gasteiger partial charge in [-0.2, -0.15) is 0 Å². The molecule has 4 nitrogen and oxygen atoms in total. The Morgan fingerprint density at radius 3 is 2.61 bits per heavy atom. The average molecular weight is 242 g/mol. The number of aromatic nitrogens is 1. The molecule has 0 atom stereocenters. The van der Waals surface area contributed by atoms with Gasteiger partial charge in [-0.15, -0.1) is 0 Å². The van der Waals surface area contributed by atoms with Crippen molar-refractivity contribution in [2.75, 3.05) is 5.32 Å². The molecule has 0 fully saturated rings. The Bertz CT molecular complexity index is 644. The number of hydrogen-bond donors (Lipinski definition) is 2. The van der Waals surface area contributed by atoms with Crippen molar-refractivity contribution in [3.63, 3.8) is 0 Å². The molecule has 4 heteroatoms. The topological polar surface area (TPSA) is 62.0 Å². The second-order valence-corrected chi connectivity index (χ2v) is 4.20. The van der Waals surface area contributed by atoms with Crippen LogP contribution in [0.15, 0.2) is 41.2 Å². The largest absolute Gasteiger partial charge is 0.320 e. The first-order chi connectivity index (χ1) is 8.56. The van der Waals surface area contributed by atoms with Crippen molar-refractivity contribution in [2.24, 2.45) is 0 Å². The van der Waals surface area contributed by atoms with Gasteiger partial charge in [-0.05, 0) is 31.5 Å². The van der Waals surface area contributed by atoms with Crippen LogP contribution in [0.1, 0.15) is 21.6 Å². The van der Waals surface area contributed by atoms with Gasteiger partial charge in [0.1, 0.15) is 5.69 Å². The van der Waals surface area contributed by atoms with Crippen LogP contribution >= 0.6 is 0 Å². The van der Waals surface area contributed by atoms with E-state index < -0.39 is 0 Å². The lowest BCUT2D eigenvalue weighted by Gasteiger charge is -2.08. The Morgan fingerprint density at radius 1 is 1.17 bits per heavy atom. The van der Waals surface area contributed by atoms with E-state index in [1.54, 1.807) is 12.1 Å². The molecule has 1 amide bonds. The molecule has 2 N–H and O–H groups in total. The third-order valence-corrected chi connectivity index (χ3v) is 2.64. The Balaban J connectivity index is 2.24. The van der Waals surface area contributed by atoms with E-state index in [1.165, 1.54) is 6.07 Å². The molecule has 0 saturated carbocycles. The van der Waals surface area contributed by atoms with Crippen molar-refractivity contribution in [3.05, 3.63) is 63.6 Å². The Labute approximate surface area is 105 Å². The quantitative estimate of drug-likeness (QED) is 0.848. The number of benzene rings is 1. The highest BCUT2D eigenvalue weighted by atomic mass is 16.2. The summed E-state index contributed by atoms with van der Waals surface area (Å²) in [5.74, 6) is -0.320. The predicted molar refractivity (Wildman–Crippen MR) is 70.9 cm³/mol. The van der Waals surface area contributed by atoms with Gasteiger partial charge in [0.25, 0.3) is 5.91 Å². The molecule has 1 aromatic carbocycles. The molecule has 18 heavy (non-hydrogen) atoms. The minimum absolute atomic E-state index is 0.252. The summed E-state index contributed by atoms with van der Waals surface area (Å²) in [6.07, 6.45) is 0. The van der Waals surface area contributed by atoms with Crippen LogP contribution in [0.2, 0.25) is 0 Å². The number of nitrogens with one attached hydrogen (secondary N) is 2. The molecule has 0 aliphatic heterocycles. The Hall–Kier alpha value is -2.36. The number of anilines is 1. The fourth-order valence-corrected chi connectivity index (χ4v) is 1.72. The zero-order chi connectivity index (χ0) is 13.1. The molecule has 92 valence electrons. The fraction of sp³-hybridized carbons (Fsp3) is 0.143. The van der Waals surface area contributed by atoms with Crippen LogP contribution in [0.4, 0.5) is 5.69 Å². The summed E-state index contributed by atoms with van der Waals surface area (Å²) in [6, 6.07) is 10.3. The molecule has 0 aliphatic carbocycles. The highest BCUT2D eigenvalue weighted by molar-refractivity contribution is 6.03. The standard InChI is InChI=1S/C14H14N2O2/c1-9-6-7-11(10(2)8-9)16-14(18)12-4-3-5-13(17)15-12/h3-8H,1-2H3,(H,15,17)(H,16,18). The Kier molecular flexibility index (Phi) is 3.28. The van der Waals surface area contributed by atoms with Gasteiger partial charge >= 0.3 is 0 Å². The number of pyridine rings is 1. The van der Waals surface area contributed by atoms with E-state index in [9.17, 15) is 9.59 Å². The normalized spacial score (nSPS) is 10.1. The second kappa shape index (κ2) is 4.87. The minimum atomic E-state index is -0.320. The molecular weight excluding hydrogens is 228 g/mol. The highest BCUT2D eigenvalue weighted by Gasteiger charge is 2.08. The smallest absolute Gasteiger partial charge is 0.272 e. The molecule has 0 radical (unpaired) electrons. The molecule has 0 unspecified atom stereocenters. The first kappa shape index (κ1) is 12.1. The van der Waals surface area contributed by atoms with Crippen molar-refractivity contribution < 1.29 is 4.79 Å². The summed E-state index contributed by atoms with van der Waals surface area (Å²) >= 11 is 0. The maximum absolute atomic E-state index is 11.9. The van der Waals surface area contributed by atoms with Crippen LogP contribution in [0, 0.1) is 13.8 Å². The second-order valence-electron chi connectivity index (χ2n) is 4.20. The van der Waals surface area contributed by atoms with Gasteiger partial charge in [-0.3, -0.25) is 9.59 Å². The highest BCUT2D eigenvalue weighted by Crippen LogP contribution is 2.16. The molecule has 0 aliphatic rings. The van der Waals surface area contributed by atoms with Crippen molar-refractivity contribution in [1.29, 1.82) is 0 Å². The zero-order valence-electron chi connectivity index (χ0n) is 10.3. The van der Waals surface area contributed by atoms with Gasteiger partial charge in [-0.1, -0.05) is 23.8 Å². The molecule has 2 rings (SSSR count). The van der Waals surface area contributed by atoms with Gasteiger partial charge < -0.3 is 10.3 Å². The molecule has 0 spiro atoms. The molecule has 0 saturated heterocycles. The van der Waals surface area contributed by atoms with E-state index in [-0.39, 0.29) is 17.2 Å². The van der Waals surface area contributed by atoms with Crippen molar-refractivity contribution in [2.45, 2.75) is 13.8 Å². The number of aryl methyl sites for hydroxylation is 2. The van der Waals surface area contributed by atoms with Crippen LogP contribution in [0.25, 0.3) is 0 Å². The number of rotatable bonds is 2. The van der Waals surface area contributed by atoms with Crippen LogP contribution in [0.5, 0.6) is 0 Å². The number of carbonyl (C=O) groups is 1. The fourth-order valence-electron chi connectivity index (χ4n) is 1.72. The lowest BCUT2D eigenvalue weighted by molar-refractivity contribution is 0.102. The van der Waals surface area contributed by atoms with Crippen molar-refractivity contribution in [3.8, 4) is 0 Å². The average Bonchev–Trinajstić information content (AvgIpc) is 2.32. The van der Waals surface area contributed by atoms with Crippen molar-refractivity contribution in [1.82, 2.24) is 4.98 Å². The summed E-state index contributed by atoms with van der Waals surface area (Å²) in [7, 11) is 0. The zero-order valence-corrected chi connectivity index (χ0v) is 10.3. The maximum Gasteiger partial charge on any atom is 0.272 e. The van der Waals surface area contributed by atoms with E-state index in [2.05, 4.69) is 10.3 Å². The summed E-state index contributed by atoms with van der Waals surface area (Å²) < 4.78 is 0. The minimum Gasteiger partial charge on any atom is -0.320 e. The summed E-state index contributed by atoms with van der Waals surface area (Å²) in [4.78, 5) is 25.5. The van der Waals surface area contributed by atoms with Gasteiger partial charge in [0.2, 0.25) is 5.56 Å². The SMILES string of the molecule is Cc1ccc(NC(=O)c2cccc(=O)[nH]2)c(C)c1. The van der Waals surface area contributed by atoms with Crippen LogP contribution in [-0.2, 0) is 0 Å². The number of H-pyrrole nitrogens is 1. The van der Waals surface area contributed by atoms with Gasteiger partial charge in [0, 0.05) is 11.8 Å². The summed E-state index contributed by atoms with van der Waals surface area (Å²) in [5, 5.41) is 2.77. The molecular formula is C14H14N2O2. The molecule has 0 bridgehead atoms. The van der Waals surface area contributed by atoms with E-state index >= 15 is 0 Å². The lowest BCUT2D eigenvalue weighted by Crippen LogP contribution is -2.18. The van der Waals surface area contributed by atoms with Crippen molar-refractivity contribution >= 4 is 11.6 Å². The molecule has 2 aromatic rings. The molecule has 1 heterocycles. The van der Waals surface area contributed by atoms with E-state index in [4.69, 9.17) is 0 Å². The lowest BCUT2D eigenvalue weighted by atomic mass is 10.1. The number of aromatic amines is 1. The van der Waals surface area contributed by atoms with E-state index in [1.807, 2.05) is 32.0 Å².